The fraction of sp³-hybridized carbons (Fsp3) is 0.125. The standard InChI is InChI=1S/C24H21NO/c1-16(2)20-9-6-10-21-22(15-26)23(25-24(20)21)19-13-11-18(12-14-19)17-7-4-3-5-8-17/h3-16,25H,1-2H3. The van der Waals surface area contributed by atoms with Gasteiger partial charge in [-0.05, 0) is 28.2 Å². The number of nitrogens with one attached hydrogen (secondary N) is 1. The van der Waals surface area contributed by atoms with Crippen LogP contribution in [0, 0.1) is 0 Å². The maximum absolute atomic E-state index is 11.8. The average Bonchev–Trinajstić information content (AvgIpc) is 3.07. The first-order chi connectivity index (χ1) is 12.7. The Balaban J connectivity index is 1.84. The van der Waals surface area contributed by atoms with Crippen LogP contribution in [0.1, 0.15) is 35.7 Å². The molecule has 1 heterocycles. The van der Waals surface area contributed by atoms with Crippen molar-refractivity contribution in [3.63, 3.8) is 0 Å². The van der Waals surface area contributed by atoms with Crippen LogP contribution in [0.2, 0.25) is 0 Å². The lowest BCUT2D eigenvalue weighted by Gasteiger charge is -2.06. The Morgan fingerprint density at radius 1 is 0.769 bits per heavy atom. The van der Waals surface area contributed by atoms with Gasteiger partial charge in [0.15, 0.2) is 6.29 Å². The summed E-state index contributed by atoms with van der Waals surface area (Å²) in [6, 6.07) is 24.8. The van der Waals surface area contributed by atoms with E-state index in [0.717, 1.165) is 34.0 Å². The van der Waals surface area contributed by atoms with Gasteiger partial charge in [-0.2, -0.15) is 0 Å². The number of hydrogen-bond acceptors (Lipinski definition) is 1. The number of carbonyl (C=O) groups excluding carboxylic acids is 1. The summed E-state index contributed by atoms with van der Waals surface area (Å²) in [6.45, 7) is 4.34. The first-order valence-electron chi connectivity index (χ1n) is 8.94. The fourth-order valence-corrected chi connectivity index (χ4v) is 3.55. The number of hydrogen-bond donors (Lipinski definition) is 1. The smallest absolute Gasteiger partial charge is 0.152 e. The van der Waals surface area contributed by atoms with Crippen molar-refractivity contribution in [3.05, 3.63) is 83.9 Å². The van der Waals surface area contributed by atoms with E-state index in [0.29, 0.717) is 5.92 Å². The van der Waals surface area contributed by atoms with Gasteiger partial charge in [-0.1, -0.05) is 86.6 Å². The highest BCUT2D eigenvalue weighted by Crippen LogP contribution is 2.34. The molecule has 0 aliphatic heterocycles. The molecule has 128 valence electrons. The molecule has 2 heteroatoms. The van der Waals surface area contributed by atoms with Gasteiger partial charge in [0.05, 0.1) is 11.2 Å². The third-order valence-electron chi connectivity index (χ3n) is 4.93. The molecule has 0 aliphatic carbocycles. The van der Waals surface area contributed by atoms with E-state index in [1.165, 1.54) is 16.7 Å². The number of H-pyrrole nitrogens is 1. The average molecular weight is 339 g/mol. The second kappa shape index (κ2) is 6.64. The summed E-state index contributed by atoms with van der Waals surface area (Å²) in [4.78, 5) is 15.3. The zero-order valence-corrected chi connectivity index (χ0v) is 15.0. The van der Waals surface area contributed by atoms with Gasteiger partial charge in [0.1, 0.15) is 0 Å². The molecule has 0 saturated carbocycles. The van der Waals surface area contributed by atoms with Crippen LogP contribution in [0.4, 0.5) is 0 Å². The Morgan fingerprint density at radius 3 is 2.08 bits per heavy atom. The van der Waals surface area contributed by atoms with Crippen LogP contribution in [0.3, 0.4) is 0 Å². The Labute approximate surface area is 153 Å². The minimum Gasteiger partial charge on any atom is -0.354 e. The predicted molar refractivity (Wildman–Crippen MR) is 109 cm³/mol. The van der Waals surface area contributed by atoms with Crippen molar-refractivity contribution in [1.29, 1.82) is 0 Å². The number of aromatic nitrogens is 1. The van der Waals surface area contributed by atoms with Crippen molar-refractivity contribution >= 4 is 17.2 Å². The lowest BCUT2D eigenvalue weighted by atomic mass is 9.98. The minimum absolute atomic E-state index is 0.394. The molecular weight excluding hydrogens is 318 g/mol. The van der Waals surface area contributed by atoms with E-state index >= 15 is 0 Å². The van der Waals surface area contributed by atoms with Gasteiger partial charge in [0.2, 0.25) is 0 Å². The van der Waals surface area contributed by atoms with Crippen molar-refractivity contribution in [1.82, 2.24) is 4.98 Å². The van der Waals surface area contributed by atoms with E-state index in [-0.39, 0.29) is 0 Å². The number of rotatable bonds is 4. The van der Waals surface area contributed by atoms with Crippen LogP contribution in [-0.2, 0) is 0 Å². The third-order valence-corrected chi connectivity index (χ3v) is 4.93. The number of aldehydes is 1. The molecule has 0 amide bonds. The van der Waals surface area contributed by atoms with E-state index in [9.17, 15) is 4.79 Å². The molecule has 1 N–H and O–H groups in total. The Morgan fingerprint density at radius 2 is 1.42 bits per heavy atom. The van der Waals surface area contributed by atoms with E-state index in [2.05, 4.69) is 61.3 Å². The second-order valence-electron chi connectivity index (χ2n) is 6.90. The predicted octanol–water partition coefficient (Wildman–Crippen LogP) is 6.44. The van der Waals surface area contributed by atoms with Crippen molar-refractivity contribution < 1.29 is 4.79 Å². The van der Waals surface area contributed by atoms with Gasteiger partial charge in [-0.25, -0.2) is 0 Å². The first kappa shape index (κ1) is 16.3. The highest BCUT2D eigenvalue weighted by molar-refractivity contribution is 6.05. The number of carbonyl (C=O) groups is 1. The van der Waals surface area contributed by atoms with E-state index in [1.54, 1.807) is 0 Å². The molecule has 4 aromatic rings. The molecular formula is C24H21NO. The summed E-state index contributed by atoms with van der Waals surface area (Å²) in [5.41, 5.74) is 7.30. The molecule has 0 aliphatic rings. The highest BCUT2D eigenvalue weighted by Gasteiger charge is 2.16. The zero-order valence-electron chi connectivity index (χ0n) is 15.0. The SMILES string of the molecule is CC(C)c1cccc2c(C=O)c(-c3ccc(-c4ccccc4)cc3)[nH]c12. The molecule has 4 rings (SSSR count). The van der Waals surface area contributed by atoms with Gasteiger partial charge in [-0.3, -0.25) is 4.79 Å². The van der Waals surface area contributed by atoms with Gasteiger partial charge >= 0.3 is 0 Å². The monoisotopic (exact) mass is 339 g/mol. The van der Waals surface area contributed by atoms with Crippen molar-refractivity contribution in [3.8, 4) is 22.4 Å². The number of aromatic amines is 1. The minimum atomic E-state index is 0.394. The quantitative estimate of drug-likeness (QED) is 0.426. The maximum atomic E-state index is 11.8. The van der Waals surface area contributed by atoms with Gasteiger partial charge in [0, 0.05) is 10.9 Å². The van der Waals surface area contributed by atoms with Crippen molar-refractivity contribution in [2.24, 2.45) is 0 Å². The molecule has 26 heavy (non-hydrogen) atoms. The number of fused-ring (bicyclic) bond motifs is 1. The number of para-hydroxylation sites is 1. The van der Waals surface area contributed by atoms with E-state index in [1.807, 2.05) is 30.3 Å². The summed E-state index contributed by atoms with van der Waals surface area (Å²) < 4.78 is 0. The summed E-state index contributed by atoms with van der Waals surface area (Å²) in [6.07, 6.45) is 0.962. The van der Waals surface area contributed by atoms with Gasteiger partial charge in [-0.15, -0.1) is 0 Å². The normalized spacial score (nSPS) is 11.2. The first-order valence-corrected chi connectivity index (χ1v) is 8.94. The Bertz CT molecular complexity index is 1060. The maximum Gasteiger partial charge on any atom is 0.152 e. The molecule has 1 aromatic heterocycles. The van der Waals surface area contributed by atoms with Crippen LogP contribution < -0.4 is 0 Å². The summed E-state index contributed by atoms with van der Waals surface area (Å²) in [7, 11) is 0. The molecule has 0 bridgehead atoms. The van der Waals surface area contributed by atoms with Crippen LogP contribution >= 0.6 is 0 Å². The molecule has 0 radical (unpaired) electrons. The van der Waals surface area contributed by atoms with Gasteiger partial charge < -0.3 is 4.98 Å². The largest absolute Gasteiger partial charge is 0.354 e. The van der Waals surface area contributed by atoms with Crippen LogP contribution in [0.25, 0.3) is 33.3 Å². The zero-order chi connectivity index (χ0) is 18.1. The molecule has 2 nitrogen and oxygen atoms in total. The molecule has 0 saturated heterocycles. The van der Waals surface area contributed by atoms with Gasteiger partial charge in [0.25, 0.3) is 0 Å². The Kier molecular flexibility index (Phi) is 4.18. The third kappa shape index (κ3) is 2.74. The highest BCUT2D eigenvalue weighted by atomic mass is 16.1. The Hall–Kier alpha value is -3.13. The number of benzene rings is 3. The fourth-order valence-electron chi connectivity index (χ4n) is 3.55. The summed E-state index contributed by atoms with van der Waals surface area (Å²) in [5.74, 6) is 0.394. The van der Waals surface area contributed by atoms with Crippen LogP contribution in [0.15, 0.2) is 72.8 Å². The molecule has 3 aromatic carbocycles. The topological polar surface area (TPSA) is 32.9 Å². The molecule has 0 atom stereocenters. The molecule has 0 fully saturated rings. The lowest BCUT2D eigenvalue weighted by Crippen LogP contribution is -1.88. The summed E-state index contributed by atoms with van der Waals surface area (Å²) >= 11 is 0. The van der Waals surface area contributed by atoms with Crippen molar-refractivity contribution in [2.45, 2.75) is 19.8 Å². The lowest BCUT2D eigenvalue weighted by molar-refractivity contribution is 0.112. The molecule has 0 spiro atoms. The van der Waals surface area contributed by atoms with E-state index < -0.39 is 0 Å². The summed E-state index contributed by atoms with van der Waals surface area (Å²) in [5, 5.41) is 0.994. The van der Waals surface area contributed by atoms with Crippen LogP contribution in [0.5, 0.6) is 0 Å². The second-order valence-corrected chi connectivity index (χ2v) is 6.90. The van der Waals surface area contributed by atoms with Crippen molar-refractivity contribution in [2.75, 3.05) is 0 Å². The molecule has 0 unspecified atom stereocenters. The van der Waals surface area contributed by atoms with E-state index in [4.69, 9.17) is 0 Å². The van der Waals surface area contributed by atoms with Crippen LogP contribution in [-0.4, -0.2) is 11.3 Å².